The molecule has 4 heteroatoms. The molecule has 0 aliphatic rings. The summed E-state index contributed by atoms with van der Waals surface area (Å²) in [6.07, 6.45) is 2.01. The van der Waals surface area contributed by atoms with Gasteiger partial charge in [0.15, 0.2) is 0 Å². The molecular formula is C16H25N3O. The van der Waals surface area contributed by atoms with Crippen molar-refractivity contribution in [3.8, 4) is 5.75 Å². The minimum atomic E-state index is -0.00894. The zero-order valence-corrected chi connectivity index (χ0v) is 12.9. The number of rotatable bonds is 6. The third-order valence-electron chi connectivity index (χ3n) is 3.45. The quantitative estimate of drug-likeness (QED) is 0.872. The normalized spacial score (nSPS) is 13.1. The Balaban J connectivity index is 2.53. The Morgan fingerprint density at radius 2 is 2.05 bits per heavy atom. The van der Waals surface area contributed by atoms with E-state index in [0.29, 0.717) is 12.6 Å². The molecule has 1 atom stereocenters. The number of benzene rings is 1. The van der Waals surface area contributed by atoms with E-state index < -0.39 is 0 Å². The fraction of sp³-hybridized carbons (Fsp3) is 0.562. The molecule has 2 N–H and O–H groups in total. The predicted molar refractivity (Wildman–Crippen MR) is 83.1 cm³/mol. The molecule has 0 saturated carbocycles. The van der Waals surface area contributed by atoms with Crippen LogP contribution in [0.4, 0.5) is 0 Å². The van der Waals surface area contributed by atoms with Crippen molar-refractivity contribution in [3.05, 3.63) is 24.0 Å². The maximum Gasteiger partial charge on any atom is 0.127 e. The lowest BCUT2D eigenvalue weighted by molar-refractivity contribution is 0.340. The summed E-state index contributed by atoms with van der Waals surface area (Å²) >= 11 is 0. The Kier molecular flexibility index (Phi) is 4.65. The topological polar surface area (TPSA) is 53.1 Å². The first-order valence-corrected chi connectivity index (χ1v) is 7.48. The van der Waals surface area contributed by atoms with Gasteiger partial charge in [-0.05, 0) is 39.3 Å². The van der Waals surface area contributed by atoms with Crippen LogP contribution in [0.2, 0.25) is 0 Å². The lowest BCUT2D eigenvalue weighted by Gasteiger charge is -2.17. The Labute approximate surface area is 120 Å². The number of nitrogens with zero attached hydrogens (tertiary/aromatic N) is 2. The summed E-state index contributed by atoms with van der Waals surface area (Å²) in [7, 11) is 0. The maximum atomic E-state index is 6.29. The second kappa shape index (κ2) is 6.27. The lowest BCUT2D eigenvalue weighted by Crippen LogP contribution is -2.17. The molecule has 0 bridgehead atoms. The summed E-state index contributed by atoms with van der Waals surface area (Å²) in [4.78, 5) is 4.75. The van der Waals surface area contributed by atoms with Gasteiger partial charge in [0.05, 0.1) is 23.7 Å². The highest BCUT2D eigenvalue weighted by Gasteiger charge is 2.18. The average Bonchev–Trinajstić information content (AvgIpc) is 2.78. The van der Waals surface area contributed by atoms with E-state index in [1.54, 1.807) is 0 Å². The van der Waals surface area contributed by atoms with Crippen molar-refractivity contribution in [2.75, 3.05) is 6.61 Å². The van der Waals surface area contributed by atoms with Gasteiger partial charge in [-0.3, -0.25) is 0 Å². The van der Waals surface area contributed by atoms with E-state index in [1.165, 1.54) is 0 Å². The molecule has 20 heavy (non-hydrogen) atoms. The first kappa shape index (κ1) is 14.9. The standard InChI is InChI=1S/C16H25N3O/c1-5-7-13(17)16-18-14-10-12(20-6-2)8-9-15(14)19(16)11(3)4/h8-11,13H,5-7,17H2,1-4H3. The van der Waals surface area contributed by atoms with E-state index in [4.69, 9.17) is 15.5 Å². The minimum absolute atomic E-state index is 0.00894. The second-order valence-corrected chi connectivity index (χ2v) is 5.41. The Morgan fingerprint density at radius 3 is 2.65 bits per heavy atom. The van der Waals surface area contributed by atoms with Gasteiger partial charge in [-0.2, -0.15) is 0 Å². The summed E-state index contributed by atoms with van der Waals surface area (Å²) in [6.45, 7) is 9.13. The average molecular weight is 275 g/mol. The van der Waals surface area contributed by atoms with Crippen LogP contribution in [0, 0.1) is 0 Å². The van der Waals surface area contributed by atoms with Gasteiger partial charge in [-0.1, -0.05) is 13.3 Å². The van der Waals surface area contributed by atoms with Gasteiger partial charge in [-0.25, -0.2) is 4.98 Å². The van der Waals surface area contributed by atoms with Crippen molar-refractivity contribution in [3.63, 3.8) is 0 Å². The molecule has 4 nitrogen and oxygen atoms in total. The van der Waals surface area contributed by atoms with Crippen molar-refractivity contribution in [2.24, 2.45) is 5.73 Å². The molecule has 1 heterocycles. The highest BCUT2D eigenvalue weighted by Crippen LogP contribution is 2.28. The third kappa shape index (κ3) is 2.80. The van der Waals surface area contributed by atoms with Crippen LogP contribution in [-0.2, 0) is 0 Å². The Hall–Kier alpha value is -1.55. The van der Waals surface area contributed by atoms with Crippen LogP contribution in [0.1, 0.15) is 58.4 Å². The summed E-state index contributed by atoms with van der Waals surface area (Å²) < 4.78 is 7.79. The lowest BCUT2D eigenvalue weighted by atomic mass is 10.1. The zero-order valence-electron chi connectivity index (χ0n) is 12.9. The van der Waals surface area contributed by atoms with Gasteiger partial charge in [0.2, 0.25) is 0 Å². The van der Waals surface area contributed by atoms with Crippen LogP contribution < -0.4 is 10.5 Å². The molecule has 0 aliphatic carbocycles. The first-order chi connectivity index (χ1) is 9.58. The first-order valence-electron chi connectivity index (χ1n) is 7.48. The molecule has 2 rings (SSSR count). The highest BCUT2D eigenvalue weighted by molar-refractivity contribution is 5.78. The molecule has 1 aromatic heterocycles. The van der Waals surface area contributed by atoms with Gasteiger partial charge in [0.25, 0.3) is 0 Å². The smallest absolute Gasteiger partial charge is 0.127 e. The van der Waals surface area contributed by atoms with Crippen molar-refractivity contribution in [2.45, 2.75) is 52.6 Å². The zero-order chi connectivity index (χ0) is 14.7. The number of ether oxygens (including phenoxy) is 1. The largest absolute Gasteiger partial charge is 0.494 e. The molecule has 110 valence electrons. The molecule has 0 saturated heterocycles. The molecule has 0 radical (unpaired) electrons. The van der Waals surface area contributed by atoms with Crippen LogP contribution in [-0.4, -0.2) is 16.2 Å². The van der Waals surface area contributed by atoms with Crippen LogP contribution in [0.15, 0.2) is 18.2 Å². The van der Waals surface area contributed by atoms with Gasteiger partial charge < -0.3 is 15.0 Å². The highest BCUT2D eigenvalue weighted by atomic mass is 16.5. The Bertz CT molecular complexity index is 574. The van der Waals surface area contributed by atoms with Crippen molar-refractivity contribution in [1.82, 2.24) is 9.55 Å². The number of hydrogen-bond donors (Lipinski definition) is 1. The minimum Gasteiger partial charge on any atom is -0.494 e. The van der Waals surface area contributed by atoms with Crippen LogP contribution in [0.25, 0.3) is 11.0 Å². The maximum absolute atomic E-state index is 6.29. The van der Waals surface area contributed by atoms with E-state index in [2.05, 4.69) is 31.4 Å². The third-order valence-corrected chi connectivity index (χ3v) is 3.45. The fourth-order valence-electron chi connectivity index (χ4n) is 2.60. The summed E-state index contributed by atoms with van der Waals surface area (Å²) in [5, 5.41) is 0. The summed E-state index contributed by atoms with van der Waals surface area (Å²) in [5.41, 5.74) is 8.38. The Morgan fingerprint density at radius 1 is 1.30 bits per heavy atom. The summed E-state index contributed by atoms with van der Waals surface area (Å²) in [6, 6.07) is 6.41. The number of fused-ring (bicyclic) bond motifs is 1. The summed E-state index contributed by atoms with van der Waals surface area (Å²) in [5.74, 6) is 1.84. The van der Waals surface area contributed by atoms with E-state index in [9.17, 15) is 0 Å². The molecular weight excluding hydrogens is 250 g/mol. The van der Waals surface area contributed by atoms with Gasteiger partial charge >= 0.3 is 0 Å². The van der Waals surface area contributed by atoms with E-state index in [-0.39, 0.29) is 6.04 Å². The number of hydrogen-bond acceptors (Lipinski definition) is 3. The molecule has 0 aliphatic heterocycles. The van der Waals surface area contributed by atoms with Crippen LogP contribution in [0.5, 0.6) is 5.75 Å². The van der Waals surface area contributed by atoms with Crippen molar-refractivity contribution in [1.29, 1.82) is 0 Å². The van der Waals surface area contributed by atoms with Gasteiger partial charge in [-0.15, -0.1) is 0 Å². The molecule has 0 fully saturated rings. The van der Waals surface area contributed by atoms with Gasteiger partial charge in [0, 0.05) is 12.1 Å². The molecule has 0 spiro atoms. The predicted octanol–water partition coefficient (Wildman–Crippen LogP) is 3.82. The van der Waals surface area contributed by atoms with E-state index >= 15 is 0 Å². The van der Waals surface area contributed by atoms with Crippen molar-refractivity contribution < 1.29 is 4.74 Å². The number of imidazole rings is 1. The van der Waals surface area contributed by atoms with Crippen LogP contribution >= 0.6 is 0 Å². The van der Waals surface area contributed by atoms with E-state index in [0.717, 1.165) is 35.4 Å². The number of aromatic nitrogens is 2. The monoisotopic (exact) mass is 275 g/mol. The molecule has 2 aromatic rings. The van der Waals surface area contributed by atoms with Gasteiger partial charge in [0.1, 0.15) is 11.6 Å². The molecule has 0 amide bonds. The second-order valence-electron chi connectivity index (χ2n) is 5.41. The van der Waals surface area contributed by atoms with Crippen LogP contribution in [0.3, 0.4) is 0 Å². The fourth-order valence-corrected chi connectivity index (χ4v) is 2.60. The number of nitrogens with two attached hydrogens (primary N) is 1. The van der Waals surface area contributed by atoms with E-state index in [1.807, 2.05) is 19.1 Å². The molecule has 1 aromatic carbocycles. The van der Waals surface area contributed by atoms with Crippen molar-refractivity contribution >= 4 is 11.0 Å². The SMILES string of the molecule is CCCC(N)c1nc2cc(OCC)ccc2n1C(C)C. The molecule has 1 unspecified atom stereocenters.